The second-order valence-electron chi connectivity index (χ2n) is 6.64. The van der Waals surface area contributed by atoms with E-state index in [-0.39, 0.29) is 16.7 Å². The number of piperidine rings is 1. The number of carbonyl (C=O) groups excluding carboxylic acids is 1. The van der Waals surface area contributed by atoms with Crippen molar-refractivity contribution >= 4 is 21.6 Å². The zero-order chi connectivity index (χ0) is 19.4. The minimum absolute atomic E-state index is 0.176. The Bertz CT molecular complexity index is 970. The lowest BCUT2D eigenvalue weighted by atomic mass is 9.97. The predicted octanol–water partition coefficient (Wildman–Crippen LogP) is 2.91. The molecule has 1 N–H and O–H groups in total. The lowest BCUT2D eigenvalue weighted by molar-refractivity contribution is -0.120. The van der Waals surface area contributed by atoms with Gasteiger partial charge < -0.3 is 5.32 Å². The topological polar surface area (TPSA) is 90.3 Å². The fraction of sp³-hybridized carbons (Fsp3) is 0.300. The third-order valence-electron chi connectivity index (χ3n) is 4.79. The van der Waals surface area contributed by atoms with E-state index in [1.165, 1.54) is 4.31 Å². The van der Waals surface area contributed by atoms with Crippen molar-refractivity contribution < 1.29 is 13.2 Å². The second-order valence-corrected chi connectivity index (χ2v) is 8.58. The number of amides is 1. The average Bonchev–Trinajstić information content (AvgIpc) is 2.69. The lowest BCUT2D eigenvalue weighted by Crippen LogP contribution is -2.41. The minimum atomic E-state index is -3.54. The van der Waals surface area contributed by atoms with Crippen molar-refractivity contribution in [3.05, 3.63) is 59.7 Å². The van der Waals surface area contributed by atoms with Gasteiger partial charge in [-0.25, -0.2) is 8.42 Å². The Morgan fingerprint density at radius 2 is 1.74 bits per heavy atom. The van der Waals surface area contributed by atoms with Gasteiger partial charge in [-0.1, -0.05) is 29.8 Å². The fourth-order valence-corrected chi connectivity index (χ4v) is 4.61. The Morgan fingerprint density at radius 1 is 1.11 bits per heavy atom. The molecule has 140 valence electrons. The van der Waals surface area contributed by atoms with Gasteiger partial charge in [0.15, 0.2) is 0 Å². The van der Waals surface area contributed by atoms with E-state index < -0.39 is 10.0 Å². The number of para-hydroxylation sites is 1. The van der Waals surface area contributed by atoms with Crippen molar-refractivity contribution in [3.8, 4) is 6.07 Å². The van der Waals surface area contributed by atoms with Crippen LogP contribution in [0.3, 0.4) is 0 Å². The van der Waals surface area contributed by atoms with Crippen LogP contribution in [0.15, 0.2) is 53.4 Å². The number of hydrogen-bond donors (Lipinski definition) is 1. The van der Waals surface area contributed by atoms with Crippen molar-refractivity contribution in [2.45, 2.75) is 24.7 Å². The Balaban J connectivity index is 1.64. The first-order valence-corrected chi connectivity index (χ1v) is 10.2. The minimum Gasteiger partial charge on any atom is -0.325 e. The molecule has 0 aliphatic carbocycles. The van der Waals surface area contributed by atoms with E-state index in [9.17, 15) is 13.2 Å². The summed E-state index contributed by atoms with van der Waals surface area (Å²) in [4.78, 5) is 12.8. The molecule has 1 aliphatic rings. The molecule has 1 heterocycles. The number of benzene rings is 2. The Labute approximate surface area is 159 Å². The van der Waals surface area contributed by atoms with E-state index in [2.05, 4.69) is 11.4 Å². The fourth-order valence-electron chi connectivity index (χ4n) is 3.14. The van der Waals surface area contributed by atoms with Crippen LogP contribution in [-0.2, 0) is 14.8 Å². The van der Waals surface area contributed by atoms with Gasteiger partial charge in [-0.3, -0.25) is 4.79 Å². The summed E-state index contributed by atoms with van der Waals surface area (Å²) in [5.41, 5.74) is 1.90. The number of nitriles is 1. The average molecular weight is 383 g/mol. The van der Waals surface area contributed by atoms with Gasteiger partial charge in [-0.05, 0) is 44.0 Å². The number of nitrogens with zero attached hydrogens (tertiary/aromatic N) is 2. The van der Waals surface area contributed by atoms with Gasteiger partial charge in [-0.15, -0.1) is 0 Å². The molecule has 0 unspecified atom stereocenters. The number of rotatable bonds is 4. The predicted molar refractivity (Wildman–Crippen MR) is 102 cm³/mol. The SMILES string of the molecule is Cc1ccc(S(=O)(=O)N2CCC(C(=O)Nc3ccccc3C#N)CC2)cc1. The summed E-state index contributed by atoms with van der Waals surface area (Å²) in [5, 5.41) is 11.9. The molecule has 0 atom stereocenters. The van der Waals surface area contributed by atoms with E-state index >= 15 is 0 Å². The second kappa shape index (κ2) is 7.91. The van der Waals surface area contributed by atoms with Crippen molar-refractivity contribution in [3.63, 3.8) is 0 Å². The summed E-state index contributed by atoms with van der Waals surface area (Å²) in [6.45, 7) is 2.51. The van der Waals surface area contributed by atoms with Gasteiger partial charge in [0.1, 0.15) is 6.07 Å². The molecule has 0 saturated carbocycles. The van der Waals surface area contributed by atoms with Gasteiger partial charge in [0.05, 0.1) is 16.1 Å². The molecule has 1 aliphatic heterocycles. The first-order chi connectivity index (χ1) is 12.9. The summed E-state index contributed by atoms with van der Waals surface area (Å²) >= 11 is 0. The molecule has 2 aromatic rings. The highest BCUT2D eigenvalue weighted by Crippen LogP contribution is 2.25. The third kappa shape index (κ3) is 4.18. The van der Waals surface area contributed by atoms with E-state index in [1.54, 1.807) is 48.5 Å². The Kier molecular flexibility index (Phi) is 5.59. The first kappa shape index (κ1) is 19.1. The van der Waals surface area contributed by atoms with Crippen molar-refractivity contribution in [2.75, 3.05) is 18.4 Å². The molecule has 27 heavy (non-hydrogen) atoms. The summed E-state index contributed by atoms with van der Waals surface area (Å²) in [5.74, 6) is -0.452. The molecule has 2 aromatic carbocycles. The van der Waals surface area contributed by atoms with Crippen molar-refractivity contribution in [1.29, 1.82) is 5.26 Å². The molecule has 1 fully saturated rings. The standard InChI is InChI=1S/C20H21N3O3S/c1-15-6-8-18(9-7-15)27(25,26)23-12-10-16(11-13-23)20(24)22-19-5-3-2-4-17(19)14-21/h2-9,16H,10-13H2,1H3,(H,22,24). The van der Waals surface area contributed by atoms with Gasteiger partial charge >= 0.3 is 0 Å². The molecule has 1 saturated heterocycles. The zero-order valence-corrected chi connectivity index (χ0v) is 15.9. The van der Waals surface area contributed by atoms with Gasteiger partial charge in [0.2, 0.25) is 15.9 Å². The van der Waals surface area contributed by atoms with E-state index in [0.717, 1.165) is 5.56 Å². The molecule has 1 amide bonds. The number of hydrogen-bond acceptors (Lipinski definition) is 4. The molecule has 7 heteroatoms. The smallest absolute Gasteiger partial charge is 0.243 e. The van der Waals surface area contributed by atoms with Crippen LogP contribution in [0.25, 0.3) is 0 Å². The van der Waals surface area contributed by atoms with E-state index in [0.29, 0.717) is 37.2 Å². The number of anilines is 1. The summed E-state index contributed by atoms with van der Waals surface area (Å²) in [6.07, 6.45) is 0.900. The van der Waals surface area contributed by atoms with Crippen molar-refractivity contribution in [1.82, 2.24) is 4.31 Å². The highest BCUT2D eigenvalue weighted by atomic mass is 32.2. The largest absolute Gasteiger partial charge is 0.325 e. The number of sulfonamides is 1. The molecule has 0 spiro atoms. The van der Waals surface area contributed by atoms with Crippen LogP contribution in [-0.4, -0.2) is 31.7 Å². The molecule has 0 bridgehead atoms. The van der Waals surface area contributed by atoms with E-state index in [4.69, 9.17) is 5.26 Å². The number of aryl methyl sites for hydroxylation is 1. The lowest BCUT2D eigenvalue weighted by Gasteiger charge is -2.30. The van der Waals surface area contributed by atoms with E-state index in [1.807, 2.05) is 6.92 Å². The third-order valence-corrected chi connectivity index (χ3v) is 6.70. The van der Waals surface area contributed by atoms with Gasteiger partial charge in [0.25, 0.3) is 0 Å². The zero-order valence-electron chi connectivity index (χ0n) is 15.1. The van der Waals surface area contributed by atoms with Crippen LogP contribution in [0.2, 0.25) is 0 Å². The summed E-state index contributed by atoms with van der Waals surface area (Å²) < 4.78 is 26.9. The van der Waals surface area contributed by atoms with Gasteiger partial charge in [-0.2, -0.15) is 9.57 Å². The molecular weight excluding hydrogens is 362 g/mol. The normalized spacial score (nSPS) is 15.9. The molecule has 0 radical (unpaired) electrons. The van der Waals surface area contributed by atoms with Crippen LogP contribution in [0.4, 0.5) is 5.69 Å². The van der Waals surface area contributed by atoms with Crippen LogP contribution in [0.1, 0.15) is 24.0 Å². The molecule has 3 rings (SSSR count). The van der Waals surface area contributed by atoms with Crippen LogP contribution >= 0.6 is 0 Å². The quantitative estimate of drug-likeness (QED) is 0.879. The van der Waals surface area contributed by atoms with Crippen molar-refractivity contribution in [2.24, 2.45) is 5.92 Å². The Morgan fingerprint density at radius 3 is 2.37 bits per heavy atom. The maximum atomic E-state index is 12.7. The number of carbonyl (C=O) groups is 1. The highest BCUT2D eigenvalue weighted by Gasteiger charge is 2.32. The number of nitrogens with one attached hydrogen (secondary N) is 1. The highest BCUT2D eigenvalue weighted by molar-refractivity contribution is 7.89. The monoisotopic (exact) mass is 383 g/mol. The summed E-state index contributed by atoms with van der Waals surface area (Å²) in [6, 6.07) is 15.7. The molecule has 0 aromatic heterocycles. The Hall–Kier alpha value is -2.69. The maximum Gasteiger partial charge on any atom is 0.243 e. The van der Waals surface area contributed by atoms with Crippen LogP contribution in [0, 0.1) is 24.2 Å². The van der Waals surface area contributed by atoms with Crippen LogP contribution in [0.5, 0.6) is 0 Å². The first-order valence-electron chi connectivity index (χ1n) is 8.78. The van der Waals surface area contributed by atoms with Gasteiger partial charge in [0, 0.05) is 19.0 Å². The summed E-state index contributed by atoms with van der Waals surface area (Å²) in [7, 11) is -3.54. The maximum absolute atomic E-state index is 12.7. The molecular formula is C20H21N3O3S. The molecule has 6 nitrogen and oxygen atoms in total. The van der Waals surface area contributed by atoms with Crippen LogP contribution < -0.4 is 5.32 Å².